The molecule has 0 saturated carbocycles. The van der Waals surface area contributed by atoms with E-state index in [9.17, 15) is 4.79 Å². The van der Waals surface area contributed by atoms with Crippen LogP contribution < -0.4 is 21.1 Å². The van der Waals surface area contributed by atoms with Gasteiger partial charge in [-0.25, -0.2) is 9.67 Å². The molecule has 0 radical (unpaired) electrons. The predicted octanol–water partition coefficient (Wildman–Crippen LogP) is 1.37. The monoisotopic (exact) mass is 334 g/mol. The van der Waals surface area contributed by atoms with Crippen molar-refractivity contribution in [2.75, 3.05) is 29.9 Å². The zero-order valence-corrected chi connectivity index (χ0v) is 13.8. The molecule has 7 nitrogen and oxygen atoms in total. The van der Waals surface area contributed by atoms with Crippen LogP contribution in [0.2, 0.25) is 5.02 Å². The van der Waals surface area contributed by atoms with E-state index in [1.54, 1.807) is 7.05 Å². The topological polar surface area (TPSA) is 75.1 Å². The summed E-state index contributed by atoms with van der Waals surface area (Å²) in [6, 6.07) is 4.27. The number of hydrogen-bond donors (Lipinski definition) is 2. The Morgan fingerprint density at radius 2 is 2.22 bits per heavy atom. The average molecular weight is 335 g/mol. The van der Waals surface area contributed by atoms with Crippen LogP contribution in [0.1, 0.15) is 6.92 Å². The van der Waals surface area contributed by atoms with E-state index in [0.29, 0.717) is 11.9 Å². The number of pyridine rings is 1. The quantitative estimate of drug-likeness (QED) is 0.883. The molecule has 2 aromatic rings. The van der Waals surface area contributed by atoms with Gasteiger partial charge in [-0.3, -0.25) is 4.79 Å². The molecule has 3 heterocycles. The van der Waals surface area contributed by atoms with Gasteiger partial charge in [-0.15, -0.1) is 0 Å². The molecule has 2 N–H and O–H groups in total. The fourth-order valence-electron chi connectivity index (χ4n) is 2.61. The number of hydrogen-bond acceptors (Lipinski definition) is 6. The molecule has 1 fully saturated rings. The molecule has 122 valence electrons. The van der Waals surface area contributed by atoms with E-state index >= 15 is 0 Å². The van der Waals surface area contributed by atoms with Crippen molar-refractivity contribution in [3.05, 3.63) is 39.9 Å². The Labute approximate surface area is 139 Å². The van der Waals surface area contributed by atoms with Crippen molar-refractivity contribution >= 4 is 28.8 Å². The van der Waals surface area contributed by atoms with Crippen molar-refractivity contribution < 1.29 is 0 Å². The van der Waals surface area contributed by atoms with Crippen molar-refractivity contribution in [2.45, 2.75) is 13.0 Å². The first-order valence-corrected chi connectivity index (χ1v) is 7.86. The first-order chi connectivity index (χ1) is 11.1. The fourth-order valence-corrected chi connectivity index (χ4v) is 2.79. The number of rotatable bonds is 3. The molecule has 0 spiro atoms. The Bertz CT molecular complexity index is 745. The van der Waals surface area contributed by atoms with Crippen molar-refractivity contribution in [2.24, 2.45) is 7.05 Å². The highest BCUT2D eigenvalue weighted by Crippen LogP contribution is 2.22. The van der Waals surface area contributed by atoms with Gasteiger partial charge in [-0.1, -0.05) is 11.6 Å². The van der Waals surface area contributed by atoms with Crippen LogP contribution in [0.15, 0.2) is 29.3 Å². The van der Waals surface area contributed by atoms with Crippen LogP contribution in [-0.4, -0.2) is 40.4 Å². The molecule has 8 heteroatoms. The molecule has 3 rings (SSSR count). The van der Waals surface area contributed by atoms with Gasteiger partial charge in [0, 0.05) is 32.7 Å². The van der Waals surface area contributed by atoms with Crippen LogP contribution in [0.5, 0.6) is 0 Å². The lowest BCUT2D eigenvalue weighted by molar-refractivity contribution is 0.500. The lowest BCUT2D eigenvalue weighted by Crippen LogP contribution is -2.49. The number of piperazine rings is 1. The first kappa shape index (κ1) is 15.8. The van der Waals surface area contributed by atoms with E-state index < -0.39 is 0 Å². The molecular formula is C15H19ClN6O. The second-order valence-corrected chi connectivity index (χ2v) is 5.98. The molecule has 1 atom stereocenters. The summed E-state index contributed by atoms with van der Waals surface area (Å²) >= 11 is 6.04. The highest BCUT2D eigenvalue weighted by atomic mass is 35.5. The van der Waals surface area contributed by atoms with Gasteiger partial charge in [-0.2, -0.15) is 5.10 Å². The van der Waals surface area contributed by atoms with Gasteiger partial charge in [-0.05, 0) is 19.1 Å². The smallest absolute Gasteiger partial charge is 0.291 e. The third-order valence-electron chi connectivity index (χ3n) is 3.92. The summed E-state index contributed by atoms with van der Waals surface area (Å²) in [5.74, 6) is 0.571. The Morgan fingerprint density at radius 1 is 1.39 bits per heavy atom. The molecule has 1 unspecified atom stereocenters. The van der Waals surface area contributed by atoms with Crippen LogP contribution in [0.25, 0.3) is 0 Å². The Hall–Kier alpha value is -2.12. The molecule has 2 aromatic heterocycles. The van der Waals surface area contributed by atoms with Crippen molar-refractivity contribution in [1.29, 1.82) is 0 Å². The highest BCUT2D eigenvalue weighted by Gasteiger charge is 2.18. The molecule has 1 saturated heterocycles. The van der Waals surface area contributed by atoms with Crippen LogP contribution in [-0.2, 0) is 7.05 Å². The average Bonchev–Trinajstić information content (AvgIpc) is 2.56. The molecule has 0 amide bonds. The van der Waals surface area contributed by atoms with Crippen LogP contribution in [0.4, 0.5) is 17.2 Å². The van der Waals surface area contributed by atoms with E-state index in [-0.39, 0.29) is 16.3 Å². The maximum atomic E-state index is 12.1. The summed E-state index contributed by atoms with van der Waals surface area (Å²) in [6.45, 7) is 5.06. The van der Waals surface area contributed by atoms with Crippen LogP contribution in [0, 0.1) is 0 Å². The summed E-state index contributed by atoms with van der Waals surface area (Å²) in [4.78, 5) is 18.8. The lowest BCUT2D eigenvalue weighted by Gasteiger charge is -2.35. The van der Waals surface area contributed by atoms with Gasteiger partial charge in [0.25, 0.3) is 5.56 Å². The number of halogens is 1. The van der Waals surface area contributed by atoms with Gasteiger partial charge in [0.1, 0.15) is 11.5 Å². The normalized spacial score (nSPS) is 18.0. The third-order valence-corrected chi connectivity index (χ3v) is 4.21. The number of nitrogens with zero attached hydrogens (tertiary/aromatic N) is 4. The summed E-state index contributed by atoms with van der Waals surface area (Å²) in [5, 5.41) is 10.5. The van der Waals surface area contributed by atoms with Crippen molar-refractivity contribution in [3.8, 4) is 0 Å². The summed E-state index contributed by atoms with van der Waals surface area (Å²) < 4.78 is 1.23. The number of anilines is 3. The molecule has 0 bridgehead atoms. The van der Waals surface area contributed by atoms with E-state index in [1.165, 1.54) is 10.9 Å². The fraction of sp³-hybridized carbons (Fsp3) is 0.400. The molecule has 23 heavy (non-hydrogen) atoms. The van der Waals surface area contributed by atoms with Gasteiger partial charge >= 0.3 is 0 Å². The summed E-state index contributed by atoms with van der Waals surface area (Å²) in [5.41, 5.74) is 1.05. The minimum absolute atomic E-state index is 0.273. The SMILES string of the molecule is CC1CNCCN1c1ccc(Nc2c(Cl)cnn(C)c2=O)nc1. The summed E-state index contributed by atoms with van der Waals surface area (Å²) in [6.07, 6.45) is 3.24. The number of aromatic nitrogens is 3. The van der Waals surface area contributed by atoms with E-state index in [1.807, 2.05) is 18.3 Å². The molecule has 1 aliphatic rings. The zero-order chi connectivity index (χ0) is 16.4. The second-order valence-electron chi connectivity index (χ2n) is 5.57. The largest absolute Gasteiger partial charge is 0.365 e. The molecular weight excluding hydrogens is 316 g/mol. The second kappa shape index (κ2) is 6.55. The third kappa shape index (κ3) is 3.30. The van der Waals surface area contributed by atoms with Gasteiger partial charge in [0.05, 0.1) is 23.1 Å². The maximum absolute atomic E-state index is 12.1. The van der Waals surface area contributed by atoms with E-state index in [2.05, 4.69) is 32.5 Å². The minimum Gasteiger partial charge on any atom is -0.365 e. The van der Waals surface area contributed by atoms with E-state index in [4.69, 9.17) is 11.6 Å². The van der Waals surface area contributed by atoms with Gasteiger partial charge in [0.15, 0.2) is 0 Å². The zero-order valence-electron chi connectivity index (χ0n) is 13.1. The van der Waals surface area contributed by atoms with Crippen LogP contribution in [0.3, 0.4) is 0 Å². The lowest BCUT2D eigenvalue weighted by atomic mass is 10.2. The molecule has 0 aromatic carbocycles. The summed E-state index contributed by atoms with van der Waals surface area (Å²) in [7, 11) is 1.58. The van der Waals surface area contributed by atoms with E-state index in [0.717, 1.165) is 25.3 Å². The molecule has 1 aliphatic heterocycles. The van der Waals surface area contributed by atoms with Crippen molar-refractivity contribution in [1.82, 2.24) is 20.1 Å². The van der Waals surface area contributed by atoms with Gasteiger partial charge in [0.2, 0.25) is 0 Å². The predicted molar refractivity (Wildman–Crippen MR) is 91.7 cm³/mol. The Balaban J connectivity index is 1.81. The van der Waals surface area contributed by atoms with Gasteiger partial charge < -0.3 is 15.5 Å². The molecule has 0 aliphatic carbocycles. The van der Waals surface area contributed by atoms with Crippen LogP contribution >= 0.6 is 11.6 Å². The standard InChI is InChI=1S/C15H19ClN6O/c1-10-7-17-5-6-22(10)11-3-4-13(18-8-11)20-14-12(16)9-19-21(2)15(14)23/h3-4,8-10,17H,5-7H2,1-2H3,(H,18,20). The van der Waals surface area contributed by atoms with Crippen molar-refractivity contribution in [3.63, 3.8) is 0 Å². The number of nitrogens with one attached hydrogen (secondary N) is 2. The Kier molecular flexibility index (Phi) is 4.49. The minimum atomic E-state index is -0.292. The first-order valence-electron chi connectivity index (χ1n) is 7.48. The maximum Gasteiger partial charge on any atom is 0.291 e. The number of aryl methyl sites for hydroxylation is 1. The highest BCUT2D eigenvalue weighted by molar-refractivity contribution is 6.33. The Morgan fingerprint density at radius 3 is 2.91 bits per heavy atom.